The Morgan fingerprint density at radius 3 is 2.93 bits per heavy atom. The SMILES string of the molecule is Cc1nn(C)cc1C(=O)NCCCO. The number of amides is 1. The monoisotopic (exact) mass is 197 g/mol. The number of hydrogen-bond donors (Lipinski definition) is 2. The van der Waals surface area contributed by atoms with E-state index in [0.29, 0.717) is 24.2 Å². The zero-order chi connectivity index (χ0) is 10.6. The first kappa shape index (κ1) is 10.7. The summed E-state index contributed by atoms with van der Waals surface area (Å²) in [5, 5.41) is 15.3. The van der Waals surface area contributed by atoms with Crippen LogP contribution in [-0.4, -0.2) is 33.9 Å². The highest BCUT2D eigenvalue weighted by Gasteiger charge is 2.10. The third-order valence-electron chi connectivity index (χ3n) is 1.88. The second-order valence-corrected chi connectivity index (χ2v) is 3.13. The standard InChI is InChI=1S/C9H15N3O2/c1-7-8(6-12(2)11-7)9(14)10-4-3-5-13/h6,13H,3-5H2,1-2H3,(H,10,14). The van der Waals surface area contributed by atoms with Crippen molar-refractivity contribution in [1.29, 1.82) is 0 Å². The normalized spacial score (nSPS) is 10.2. The highest BCUT2D eigenvalue weighted by Crippen LogP contribution is 2.03. The van der Waals surface area contributed by atoms with E-state index in [0.717, 1.165) is 0 Å². The van der Waals surface area contributed by atoms with E-state index in [4.69, 9.17) is 5.11 Å². The van der Waals surface area contributed by atoms with Crippen LogP contribution in [0.1, 0.15) is 22.5 Å². The van der Waals surface area contributed by atoms with Crippen LogP contribution in [0.2, 0.25) is 0 Å². The smallest absolute Gasteiger partial charge is 0.254 e. The molecule has 0 unspecified atom stereocenters. The molecule has 0 radical (unpaired) electrons. The first-order valence-electron chi connectivity index (χ1n) is 4.54. The predicted molar refractivity (Wildman–Crippen MR) is 52.0 cm³/mol. The minimum Gasteiger partial charge on any atom is -0.396 e. The van der Waals surface area contributed by atoms with Crippen LogP contribution < -0.4 is 5.32 Å². The van der Waals surface area contributed by atoms with Crippen molar-refractivity contribution < 1.29 is 9.90 Å². The van der Waals surface area contributed by atoms with Crippen molar-refractivity contribution in [3.63, 3.8) is 0 Å². The molecule has 0 atom stereocenters. The summed E-state index contributed by atoms with van der Waals surface area (Å²) in [5.74, 6) is -0.135. The molecule has 1 amide bonds. The number of rotatable bonds is 4. The minimum atomic E-state index is -0.135. The van der Waals surface area contributed by atoms with E-state index in [9.17, 15) is 4.79 Å². The van der Waals surface area contributed by atoms with E-state index in [1.165, 1.54) is 0 Å². The number of aliphatic hydroxyl groups is 1. The third kappa shape index (κ3) is 2.56. The molecule has 0 spiro atoms. The van der Waals surface area contributed by atoms with Gasteiger partial charge in [0.05, 0.1) is 11.3 Å². The Labute approximate surface area is 82.7 Å². The zero-order valence-electron chi connectivity index (χ0n) is 8.45. The molecule has 1 aromatic rings. The van der Waals surface area contributed by atoms with Crippen LogP contribution in [0.5, 0.6) is 0 Å². The molecule has 0 aliphatic carbocycles. The average Bonchev–Trinajstić information content (AvgIpc) is 2.45. The summed E-state index contributed by atoms with van der Waals surface area (Å²) in [6.45, 7) is 2.37. The summed E-state index contributed by atoms with van der Waals surface area (Å²) in [5.41, 5.74) is 1.31. The molecule has 5 heteroatoms. The maximum absolute atomic E-state index is 11.5. The fourth-order valence-electron chi connectivity index (χ4n) is 1.20. The molecule has 1 rings (SSSR count). The van der Waals surface area contributed by atoms with Crippen molar-refractivity contribution in [3.8, 4) is 0 Å². The molecule has 78 valence electrons. The Bertz CT molecular complexity index is 320. The van der Waals surface area contributed by atoms with Gasteiger partial charge in [-0.25, -0.2) is 0 Å². The molecule has 0 saturated carbocycles. The number of nitrogens with zero attached hydrogens (tertiary/aromatic N) is 2. The Hall–Kier alpha value is -1.36. The summed E-state index contributed by atoms with van der Waals surface area (Å²) in [4.78, 5) is 11.5. The third-order valence-corrected chi connectivity index (χ3v) is 1.88. The molecular formula is C9H15N3O2. The maximum Gasteiger partial charge on any atom is 0.254 e. The molecule has 0 aliphatic heterocycles. The second-order valence-electron chi connectivity index (χ2n) is 3.13. The van der Waals surface area contributed by atoms with E-state index in [1.54, 1.807) is 24.9 Å². The van der Waals surface area contributed by atoms with Crippen LogP contribution in [0.3, 0.4) is 0 Å². The number of carbonyl (C=O) groups excluding carboxylic acids is 1. The van der Waals surface area contributed by atoms with Crippen LogP contribution >= 0.6 is 0 Å². The first-order valence-corrected chi connectivity index (χ1v) is 4.54. The number of nitrogens with one attached hydrogen (secondary N) is 1. The van der Waals surface area contributed by atoms with E-state index in [1.807, 2.05) is 0 Å². The van der Waals surface area contributed by atoms with Crippen molar-refractivity contribution in [2.24, 2.45) is 7.05 Å². The van der Waals surface area contributed by atoms with Gasteiger partial charge in [0.2, 0.25) is 0 Å². The van der Waals surface area contributed by atoms with Crippen LogP contribution in [0, 0.1) is 6.92 Å². The Morgan fingerprint density at radius 2 is 2.43 bits per heavy atom. The molecule has 0 bridgehead atoms. The predicted octanol–water partition coefficient (Wildman–Crippen LogP) is -0.159. The molecule has 1 heterocycles. The number of aliphatic hydroxyl groups excluding tert-OH is 1. The van der Waals surface area contributed by atoms with Gasteiger partial charge in [-0.2, -0.15) is 5.10 Å². The largest absolute Gasteiger partial charge is 0.396 e. The van der Waals surface area contributed by atoms with Crippen molar-refractivity contribution in [2.45, 2.75) is 13.3 Å². The summed E-state index contributed by atoms with van der Waals surface area (Å²) in [6.07, 6.45) is 2.26. The number of hydrogen-bond acceptors (Lipinski definition) is 3. The van der Waals surface area contributed by atoms with Gasteiger partial charge >= 0.3 is 0 Å². The van der Waals surface area contributed by atoms with Gasteiger partial charge in [-0.15, -0.1) is 0 Å². The highest BCUT2D eigenvalue weighted by molar-refractivity contribution is 5.94. The lowest BCUT2D eigenvalue weighted by atomic mass is 10.2. The van der Waals surface area contributed by atoms with E-state index >= 15 is 0 Å². The average molecular weight is 197 g/mol. The highest BCUT2D eigenvalue weighted by atomic mass is 16.3. The molecule has 0 aromatic carbocycles. The quantitative estimate of drug-likeness (QED) is 0.659. The van der Waals surface area contributed by atoms with E-state index < -0.39 is 0 Å². The van der Waals surface area contributed by atoms with Gasteiger partial charge in [-0.3, -0.25) is 9.48 Å². The topological polar surface area (TPSA) is 67.2 Å². The maximum atomic E-state index is 11.5. The van der Waals surface area contributed by atoms with Crippen LogP contribution in [-0.2, 0) is 7.05 Å². The van der Waals surface area contributed by atoms with Crippen molar-refractivity contribution in [3.05, 3.63) is 17.5 Å². The van der Waals surface area contributed by atoms with Gasteiger partial charge in [0.25, 0.3) is 5.91 Å². The van der Waals surface area contributed by atoms with Gasteiger partial charge in [0, 0.05) is 26.4 Å². The van der Waals surface area contributed by atoms with Crippen molar-refractivity contribution >= 4 is 5.91 Å². The molecule has 5 nitrogen and oxygen atoms in total. The number of carbonyl (C=O) groups is 1. The molecular weight excluding hydrogens is 182 g/mol. The van der Waals surface area contributed by atoms with Gasteiger partial charge in [0.15, 0.2) is 0 Å². The summed E-state index contributed by atoms with van der Waals surface area (Å²) in [7, 11) is 1.78. The molecule has 0 saturated heterocycles. The van der Waals surface area contributed by atoms with Crippen LogP contribution in [0.4, 0.5) is 0 Å². The van der Waals surface area contributed by atoms with Crippen molar-refractivity contribution in [2.75, 3.05) is 13.2 Å². The lowest BCUT2D eigenvalue weighted by molar-refractivity contribution is 0.0950. The summed E-state index contributed by atoms with van der Waals surface area (Å²) < 4.78 is 1.61. The summed E-state index contributed by atoms with van der Waals surface area (Å²) >= 11 is 0. The van der Waals surface area contributed by atoms with Crippen LogP contribution in [0.15, 0.2) is 6.20 Å². The summed E-state index contributed by atoms with van der Waals surface area (Å²) in [6, 6.07) is 0. The molecule has 14 heavy (non-hydrogen) atoms. The molecule has 0 aliphatic rings. The molecule has 2 N–H and O–H groups in total. The van der Waals surface area contributed by atoms with E-state index in [-0.39, 0.29) is 12.5 Å². The fraction of sp³-hybridized carbons (Fsp3) is 0.556. The lowest BCUT2D eigenvalue weighted by Gasteiger charge is -2.01. The molecule has 0 fully saturated rings. The van der Waals surface area contributed by atoms with Gasteiger partial charge in [-0.1, -0.05) is 0 Å². The number of aryl methyl sites for hydroxylation is 2. The van der Waals surface area contributed by atoms with E-state index in [2.05, 4.69) is 10.4 Å². The Balaban J connectivity index is 2.56. The molecule has 1 aromatic heterocycles. The van der Waals surface area contributed by atoms with Gasteiger partial charge in [0.1, 0.15) is 0 Å². The number of aromatic nitrogens is 2. The second kappa shape index (κ2) is 4.76. The zero-order valence-corrected chi connectivity index (χ0v) is 8.45. The van der Waals surface area contributed by atoms with Gasteiger partial charge in [-0.05, 0) is 13.3 Å². The fourth-order valence-corrected chi connectivity index (χ4v) is 1.20. The van der Waals surface area contributed by atoms with Crippen molar-refractivity contribution in [1.82, 2.24) is 15.1 Å². The lowest BCUT2D eigenvalue weighted by Crippen LogP contribution is -2.25. The minimum absolute atomic E-state index is 0.0896. The van der Waals surface area contributed by atoms with Gasteiger partial charge < -0.3 is 10.4 Å². The Morgan fingerprint density at radius 1 is 1.71 bits per heavy atom. The Kier molecular flexibility index (Phi) is 3.64. The first-order chi connectivity index (χ1) is 6.65. The van der Waals surface area contributed by atoms with Crippen LogP contribution in [0.25, 0.3) is 0 Å².